The molecule has 1 heterocycles. The molecule has 0 radical (unpaired) electrons. The van der Waals surface area contributed by atoms with Gasteiger partial charge in [0.1, 0.15) is 0 Å². The Bertz CT molecular complexity index is 4090. The highest BCUT2D eigenvalue weighted by Gasteiger charge is 2.28. The minimum absolute atomic E-state index is 0.729. The van der Waals surface area contributed by atoms with Crippen LogP contribution in [0.25, 0.3) is 144 Å². The van der Waals surface area contributed by atoms with Crippen LogP contribution in [0.1, 0.15) is 0 Å². The minimum atomic E-state index is 0.729. The van der Waals surface area contributed by atoms with Gasteiger partial charge in [-0.15, -0.1) is 0 Å². The number of fused-ring (bicyclic) bond motifs is 3. The second kappa shape index (κ2) is 15.3. The maximum atomic E-state index is 5.40. The number of nitrogens with zero attached hydrogens (tertiary/aromatic N) is 2. The summed E-state index contributed by atoms with van der Waals surface area (Å²) >= 11 is 0. The van der Waals surface area contributed by atoms with E-state index in [-0.39, 0.29) is 0 Å². The van der Waals surface area contributed by atoms with Gasteiger partial charge in [-0.25, -0.2) is 9.97 Å². The van der Waals surface area contributed by atoms with E-state index < -0.39 is 0 Å². The molecule has 0 saturated carbocycles. The fraction of sp³-hybridized carbons (Fsp3) is 0. The van der Waals surface area contributed by atoms with Crippen LogP contribution in [0.2, 0.25) is 0 Å². The zero-order chi connectivity index (χ0) is 44.7. The highest BCUT2D eigenvalue weighted by atomic mass is 14.9. The number of rotatable bonds is 7. The monoisotopic (exact) mass is 860 g/mol. The average molecular weight is 861 g/mol. The van der Waals surface area contributed by atoms with Crippen molar-refractivity contribution >= 4 is 43.1 Å². The molecular weight excluding hydrogens is 821 g/mol. The molecule has 68 heavy (non-hydrogen) atoms. The summed E-state index contributed by atoms with van der Waals surface area (Å²) in [7, 11) is 0. The molecule has 13 aromatic rings. The van der Waals surface area contributed by atoms with E-state index in [0.717, 1.165) is 45.0 Å². The second-order valence-electron chi connectivity index (χ2n) is 17.9. The summed E-state index contributed by atoms with van der Waals surface area (Å²) in [4.78, 5) is 10.7. The minimum Gasteiger partial charge on any atom is -0.227 e. The van der Waals surface area contributed by atoms with E-state index in [9.17, 15) is 0 Å². The molecular formula is C66H40N2. The Balaban J connectivity index is 1.01. The van der Waals surface area contributed by atoms with Crippen molar-refractivity contribution in [3.63, 3.8) is 0 Å². The summed E-state index contributed by atoms with van der Waals surface area (Å²) in [6, 6.07) is 88.4. The zero-order valence-electron chi connectivity index (χ0n) is 37.0. The molecule has 1 aliphatic rings. The molecule has 314 valence electrons. The Morgan fingerprint density at radius 2 is 0.676 bits per heavy atom. The largest absolute Gasteiger partial charge is 0.227 e. The maximum absolute atomic E-state index is 5.40. The molecule has 0 spiro atoms. The molecule has 12 aromatic carbocycles. The standard InChI is InChI=1S/C66H40N2/c1-4-16-41(17-5-1)48-24-10-12-26-50(48)52-36-34-45-35-37-55-59(51-27-13-11-25-49(51)42-18-6-2-7-19-42)40-58(54-39-38-53(52)61(45)62(54)55)43-30-32-46(33-31-43)64-63-56-28-14-22-44-23-15-29-57(60(44)56)65(63)68-66(67-64)47-20-8-3-9-21-47/h1-40H. The van der Waals surface area contributed by atoms with Crippen molar-refractivity contribution in [3.8, 4) is 101 Å². The number of hydrogen-bond acceptors (Lipinski definition) is 2. The van der Waals surface area contributed by atoms with Crippen molar-refractivity contribution < 1.29 is 0 Å². The molecule has 0 N–H and O–H groups in total. The number of aromatic nitrogens is 2. The Hall–Kier alpha value is -8.98. The van der Waals surface area contributed by atoms with E-state index in [2.05, 4.69) is 237 Å². The highest BCUT2D eigenvalue weighted by molar-refractivity contribution is 6.30. The summed E-state index contributed by atoms with van der Waals surface area (Å²) in [5.41, 5.74) is 19.5. The van der Waals surface area contributed by atoms with Crippen LogP contribution in [0.3, 0.4) is 0 Å². The molecule has 0 aliphatic heterocycles. The van der Waals surface area contributed by atoms with Crippen LogP contribution in [0.5, 0.6) is 0 Å². The quantitative estimate of drug-likeness (QED) is 0.149. The van der Waals surface area contributed by atoms with Crippen molar-refractivity contribution in [2.45, 2.75) is 0 Å². The maximum Gasteiger partial charge on any atom is 0.160 e. The molecule has 0 unspecified atom stereocenters. The smallest absolute Gasteiger partial charge is 0.160 e. The summed E-state index contributed by atoms with van der Waals surface area (Å²) in [5.74, 6) is 0.729. The molecule has 2 nitrogen and oxygen atoms in total. The molecule has 0 amide bonds. The van der Waals surface area contributed by atoms with Gasteiger partial charge in [-0.05, 0) is 110 Å². The molecule has 14 rings (SSSR count). The van der Waals surface area contributed by atoms with Crippen molar-refractivity contribution in [1.82, 2.24) is 9.97 Å². The van der Waals surface area contributed by atoms with Crippen LogP contribution in [0, 0.1) is 0 Å². The van der Waals surface area contributed by atoms with Crippen LogP contribution >= 0.6 is 0 Å². The van der Waals surface area contributed by atoms with Gasteiger partial charge in [0.15, 0.2) is 5.82 Å². The van der Waals surface area contributed by atoms with Gasteiger partial charge in [-0.1, -0.05) is 237 Å². The number of benzene rings is 12. The fourth-order valence-corrected chi connectivity index (χ4v) is 11.2. The van der Waals surface area contributed by atoms with Gasteiger partial charge in [0.2, 0.25) is 0 Å². The van der Waals surface area contributed by atoms with E-state index in [4.69, 9.17) is 9.97 Å². The Labute approximate surface area is 394 Å². The third-order valence-electron chi connectivity index (χ3n) is 14.2. The first kappa shape index (κ1) is 38.3. The summed E-state index contributed by atoms with van der Waals surface area (Å²) < 4.78 is 0. The van der Waals surface area contributed by atoms with E-state index in [1.54, 1.807) is 0 Å². The first-order valence-corrected chi connectivity index (χ1v) is 23.4. The highest BCUT2D eigenvalue weighted by Crippen LogP contribution is 2.52. The molecule has 1 aromatic heterocycles. The van der Waals surface area contributed by atoms with E-state index in [1.807, 2.05) is 6.07 Å². The average Bonchev–Trinajstić information content (AvgIpc) is 3.75. The second-order valence-corrected chi connectivity index (χ2v) is 17.9. The fourth-order valence-electron chi connectivity index (χ4n) is 11.2. The Kier molecular flexibility index (Phi) is 8.62. The first-order chi connectivity index (χ1) is 33.7. The lowest BCUT2D eigenvalue weighted by atomic mass is 9.82. The van der Waals surface area contributed by atoms with E-state index in [0.29, 0.717) is 0 Å². The molecule has 0 saturated heterocycles. The van der Waals surface area contributed by atoms with Gasteiger partial charge in [0, 0.05) is 22.3 Å². The zero-order valence-corrected chi connectivity index (χ0v) is 37.0. The summed E-state index contributed by atoms with van der Waals surface area (Å²) in [5, 5.41) is 9.99. The lowest BCUT2D eigenvalue weighted by molar-refractivity contribution is 1.19. The van der Waals surface area contributed by atoms with Gasteiger partial charge in [0.25, 0.3) is 0 Å². The lowest BCUT2D eigenvalue weighted by Gasteiger charge is -2.21. The van der Waals surface area contributed by atoms with Crippen molar-refractivity contribution in [1.29, 1.82) is 0 Å². The van der Waals surface area contributed by atoms with Gasteiger partial charge in [-0.3, -0.25) is 0 Å². The van der Waals surface area contributed by atoms with Crippen molar-refractivity contribution in [2.24, 2.45) is 0 Å². The Morgan fingerprint density at radius 1 is 0.221 bits per heavy atom. The van der Waals surface area contributed by atoms with Crippen LogP contribution in [-0.2, 0) is 0 Å². The van der Waals surface area contributed by atoms with Crippen LogP contribution in [-0.4, -0.2) is 9.97 Å². The SMILES string of the molecule is c1ccc(-c2nc(-c3ccc(-c4cc(-c5ccccc5-c5ccccc5)c5ccc6ccc(-c7ccccc7-c7ccccc7)c7ccc4c5c67)cc3)c3c(n2)-c2cccc4cccc-3c24)cc1. The molecule has 2 heteroatoms. The van der Waals surface area contributed by atoms with E-state index in [1.165, 1.54) is 98.7 Å². The summed E-state index contributed by atoms with van der Waals surface area (Å²) in [6.45, 7) is 0. The third-order valence-corrected chi connectivity index (χ3v) is 14.2. The molecule has 0 bridgehead atoms. The predicted octanol–water partition coefficient (Wildman–Crippen LogP) is 17.8. The first-order valence-electron chi connectivity index (χ1n) is 23.4. The molecule has 1 aliphatic carbocycles. The van der Waals surface area contributed by atoms with Gasteiger partial charge < -0.3 is 0 Å². The van der Waals surface area contributed by atoms with Gasteiger partial charge in [0.05, 0.1) is 11.4 Å². The van der Waals surface area contributed by atoms with Crippen LogP contribution < -0.4 is 0 Å². The third kappa shape index (κ3) is 5.91. The van der Waals surface area contributed by atoms with Crippen LogP contribution in [0.15, 0.2) is 243 Å². The van der Waals surface area contributed by atoms with E-state index >= 15 is 0 Å². The van der Waals surface area contributed by atoms with Crippen molar-refractivity contribution in [2.75, 3.05) is 0 Å². The molecule has 0 fully saturated rings. The number of hydrogen-bond donors (Lipinski definition) is 0. The van der Waals surface area contributed by atoms with Gasteiger partial charge in [-0.2, -0.15) is 0 Å². The summed E-state index contributed by atoms with van der Waals surface area (Å²) in [6.07, 6.45) is 0. The Morgan fingerprint density at radius 3 is 1.34 bits per heavy atom. The van der Waals surface area contributed by atoms with Crippen molar-refractivity contribution in [3.05, 3.63) is 243 Å². The van der Waals surface area contributed by atoms with Gasteiger partial charge >= 0.3 is 0 Å². The normalized spacial score (nSPS) is 11.8. The topological polar surface area (TPSA) is 25.8 Å². The molecule has 0 atom stereocenters. The lowest BCUT2D eigenvalue weighted by Crippen LogP contribution is -1.98. The predicted molar refractivity (Wildman–Crippen MR) is 286 cm³/mol. The van der Waals surface area contributed by atoms with Crippen LogP contribution in [0.4, 0.5) is 0 Å².